The summed E-state index contributed by atoms with van der Waals surface area (Å²) in [4.78, 5) is 40.2. The van der Waals surface area contributed by atoms with E-state index in [0.29, 0.717) is 13.2 Å². The summed E-state index contributed by atoms with van der Waals surface area (Å²) in [6.45, 7) is 5.10. The number of hydrogen-bond acceptors (Lipinski definition) is 5. The number of nitrogens with two attached hydrogens (primary N) is 1. The Bertz CT molecular complexity index is 812. The molecule has 2 aliphatic rings. The van der Waals surface area contributed by atoms with Crippen LogP contribution in [0.1, 0.15) is 33.1 Å². The molecule has 1 saturated heterocycles. The quantitative estimate of drug-likeness (QED) is 0.620. The van der Waals surface area contributed by atoms with Crippen LogP contribution in [0.3, 0.4) is 0 Å². The van der Waals surface area contributed by atoms with Crippen molar-refractivity contribution in [1.82, 2.24) is 4.90 Å². The van der Waals surface area contributed by atoms with Gasteiger partial charge in [0.2, 0.25) is 5.91 Å². The second-order valence-corrected chi connectivity index (χ2v) is 8.23. The summed E-state index contributed by atoms with van der Waals surface area (Å²) in [5.74, 6) is -2.02. The zero-order valence-corrected chi connectivity index (χ0v) is 17.4. The van der Waals surface area contributed by atoms with Gasteiger partial charge in [-0.1, -0.05) is 20.3 Å². The van der Waals surface area contributed by atoms with Crippen molar-refractivity contribution in [3.63, 3.8) is 0 Å². The Balaban J connectivity index is 1.76. The Morgan fingerprint density at radius 1 is 1.37 bits per heavy atom. The fourth-order valence-corrected chi connectivity index (χ4v) is 3.84. The summed E-state index contributed by atoms with van der Waals surface area (Å²) < 4.78 is 19.7. The number of nitrogens with zero attached hydrogens (tertiary/aromatic N) is 2. The first-order valence-electron chi connectivity index (χ1n) is 10.3. The van der Waals surface area contributed by atoms with Crippen molar-refractivity contribution in [2.45, 2.75) is 45.2 Å². The summed E-state index contributed by atoms with van der Waals surface area (Å²) in [6.07, 6.45) is 2.89. The number of rotatable bonds is 8. The number of anilines is 2. The topological polar surface area (TPSA) is 105 Å². The number of ether oxygens (including phenoxy) is 1. The van der Waals surface area contributed by atoms with Gasteiger partial charge in [0, 0.05) is 24.8 Å². The second kappa shape index (κ2) is 9.53. The van der Waals surface area contributed by atoms with Gasteiger partial charge < -0.3 is 20.7 Å². The molecule has 1 aromatic carbocycles. The van der Waals surface area contributed by atoms with E-state index in [2.05, 4.69) is 5.32 Å². The maximum Gasteiger partial charge on any atom is 0.253 e. The van der Waals surface area contributed by atoms with Gasteiger partial charge in [-0.2, -0.15) is 0 Å². The summed E-state index contributed by atoms with van der Waals surface area (Å²) in [6, 6.07) is 3.10. The van der Waals surface area contributed by atoms with Crippen LogP contribution in [0.15, 0.2) is 18.2 Å². The highest BCUT2D eigenvalue weighted by Gasteiger charge is 2.38. The molecule has 2 fully saturated rings. The van der Waals surface area contributed by atoms with Gasteiger partial charge in [-0.3, -0.25) is 19.3 Å². The molecule has 1 aromatic rings. The van der Waals surface area contributed by atoms with Crippen LogP contribution in [0.4, 0.5) is 15.8 Å². The summed E-state index contributed by atoms with van der Waals surface area (Å²) in [5, 5.41) is 2.61. The first-order chi connectivity index (χ1) is 14.3. The predicted octanol–water partition coefficient (Wildman–Crippen LogP) is 1.49. The highest BCUT2D eigenvalue weighted by Crippen LogP contribution is 2.28. The van der Waals surface area contributed by atoms with Gasteiger partial charge >= 0.3 is 0 Å². The molecule has 3 rings (SSSR count). The molecular formula is C21H29FN4O4. The highest BCUT2D eigenvalue weighted by molar-refractivity contribution is 6.09. The maximum atomic E-state index is 14.7. The molecule has 0 unspecified atom stereocenters. The minimum atomic E-state index is -1.12. The number of halogens is 1. The van der Waals surface area contributed by atoms with Gasteiger partial charge in [-0.15, -0.1) is 0 Å². The first kappa shape index (κ1) is 22.2. The van der Waals surface area contributed by atoms with Crippen molar-refractivity contribution in [2.75, 3.05) is 36.5 Å². The lowest BCUT2D eigenvalue weighted by Crippen LogP contribution is -2.58. The third-order valence-corrected chi connectivity index (χ3v) is 5.46. The molecule has 1 atom stereocenters. The zero-order chi connectivity index (χ0) is 21.8. The summed E-state index contributed by atoms with van der Waals surface area (Å²) in [5.41, 5.74) is 5.91. The lowest BCUT2D eigenvalue weighted by Gasteiger charge is -2.41. The van der Waals surface area contributed by atoms with E-state index in [0.717, 1.165) is 25.3 Å². The van der Waals surface area contributed by atoms with Gasteiger partial charge in [-0.05, 0) is 37.0 Å². The van der Waals surface area contributed by atoms with Crippen LogP contribution in [0, 0.1) is 11.7 Å². The van der Waals surface area contributed by atoms with E-state index in [-0.39, 0.29) is 42.4 Å². The van der Waals surface area contributed by atoms with E-state index in [9.17, 15) is 18.8 Å². The van der Waals surface area contributed by atoms with Gasteiger partial charge in [-0.25, -0.2) is 4.39 Å². The molecule has 0 radical (unpaired) electrons. The molecule has 1 aliphatic heterocycles. The zero-order valence-electron chi connectivity index (χ0n) is 17.4. The standard InChI is InChI=1S/C21H29FN4O4/c1-13(2)11-26(15-4-3-5-15)19(20(23)28)21(29)24-14-6-7-17(16(22)10-14)25-8-9-30-12-18(25)27/h6-7,10,13,15,19H,3-5,8-9,11-12H2,1-2H3,(H2,23,28)(H,24,29)/t19-/m0/s1. The smallest absolute Gasteiger partial charge is 0.253 e. The number of carbonyl (C=O) groups excluding carboxylic acids is 3. The van der Waals surface area contributed by atoms with Crippen molar-refractivity contribution < 1.29 is 23.5 Å². The Kier molecular flexibility index (Phi) is 7.04. The highest BCUT2D eigenvalue weighted by atomic mass is 19.1. The molecule has 3 amide bonds. The Labute approximate surface area is 175 Å². The number of nitrogens with one attached hydrogen (secondary N) is 1. The van der Waals surface area contributed by atoms with Gasteiger partial charge in [0.05, 0.1) is 12.3 Å². The average Bonchev–Trinajstić information content (AvgIpc) is 2.60. The van der Waals surface area contributed by atoms with E-state index >= 15 is 0 Å². The van der Waals surface area contributed by atoms with E-state index in [4.69, 9.17) is 10.5 Å². The van der Waals surface area contributed by atoms with Crippen molar-refractivity contribution >= 4 is 29.1 Å². The summed E-state index contributed by atoms with van der Waals surface area (Å²) >= 11 is 0. The van der Waals surface area contributed by atoms with Gasteiger partial charge in [0.15, 0.2) is 6.04 Å². The average molecular weight is 420 g/mol. The third kappa shape index (κ3) is 4.96. The SMILES string of the molecule is CC(C)CN(C1CCC1)[C@@H](C(N)=O)C(=O)Nc1ccc(N2CCOCC2=O)c(F)c1. The number of morpholine rings is 1. The number of amides is 3. The van der Waals surface area contributed by atoms with Crippen LogP contribution >= 0.6 is 0 Å². The Hall–Kier alpha value is -2.52. The molecule has 8 nitrogen and oxygen atoms in total. The van der Waals surface area contributed by atoms with Crippen LogP contribution < -0.4 is 16.0 Å². The van der Waals surface area contributed by atoms with E-state index < -0.39 is 23.7 Å². The molecule has 164 valence electrons. The van der Waals surface area contributed by atoms with Crippen molar-refractivity contribution in [2.24, 2.45) is 11.7 Å². The van der Waals surface area contributed by atoms with Crippen LogP contribution in [0.2, 0.25) is 0 Å². The van der Waals surface area contributed by atoms with Gasteiger partial charge in [0.25, 0.3) is 11.8 Å². The fraction of sp³-hybridized carbons (Fsp3) is 0.571. The van der Waals surface area contributed by atoms with Crippen LogP contribution in [0.25, 0.3) is 0 Å². The number of hydrogen-bond donors (Lipinski definition) is 2. The third-order valence-electron chi connectivity index (χ3n) is 5.46. The van der Waals surface area contributed by atoms with Crippen molar-refractivity contribution in [3.8, 4) is 0 Å². The largest absolute Gasteiger partial charge is 0.370 e. The Morgan fingerprint density at radius 3 is 2.63 bits per heavy atom. The molecule has 3 N–H and O–H groups in total. The van der Waals surface area contributed by atoms with Crippen molar-refractivity contribution in [1.29, 1.82) is 0 Å². The molecular weight excluding hydrogens is 391 g/mol. The number of benzene rings is 1. The Morgan fingerprint density at radius 2 is 2.10 bits per heavy atom. The van der Waals surface area contributed by atoms with E-state index in [1.54, 1.807) is 0 Å². The molecule has 1 heterocycles. The monoisotopic (exact) mass is 420 g/mol. The molecule has 0 spiro atoms. The normalized spacial score (nSPS) is 18.4. The molecule has 30 heavy (non-hydrogen) atoms. The molecule has 0 bridgehead atoms. The number of primary amides is 1. The van der Waals surface area contributed by atoms with Crippen LogP contribution in [-0.4, -0.2) is 61.0 Å². The van der Waals surface area contributed by atoms with E-state index in [1.807, 2.05) is 18.7 Å². The van der Waals surface area contributed by atoms with Crippen LogP contribution in [-0.2, 0) is 19.1 Å². The molecule has 1 saturated carbocycles. The maximum absolute atomic E-state index is 14.7. The minimum Gasteiger partial charge on any atom is -0.370 e. The van der Waals surface area contributed by atoms with E-state index in [1.165, 1.54) is 17.0 Å². The molecule has 0 aromatic heterocycles. The number of carbonyl (C=O) groups is 3. The summed E-state index contributed by atoms with van der Waals surface area (Å²) in [7, 11) is 0. The molecule has 1 aliphatic carbocycles. The minimum absolute atomic E-state index is 0.0922. The fourth-order valence-electron chi connectivity index (χ4n) is 3.84. The van der Waals surface area contributed by atoms with Crippen molar-refractivity contribution in [3.05, 3.63) is 24.0 Å². The van der Waals surface area contributed by atoms with Gasteiger partial charge in [0.1, 0.15) is 12.4 Å². The second-order valence-electron chi connectivity index (χ2n) is 8.23. The lowest BCUT2D eigenvalue weighted by molar-refractivity contribution is -0.135. The first-order valence-corrected chi connectivity index (χ1v) is 10.3. The predicted molar refractivity (Wildman–Crippen MR) is 110 cm³/mol. The van der Waals surface area contributed by atoms with Crippen LogP contribution in [0.5, 0.6) is 0 Å². The lowest BCUT2D eigenvalue weighted by atomic mass is 9.89. The molecule has 9 heteroatoms.